The summed E-state index contributed by atoms with van der Waals surface area (Å²) in [6.45, 7) is 4.35. The van der Waals surface area contributed by atoms with E-state index in [0.717, 1.165) is 28.7 Å². The van der Waals surface area contributed by atoms with Crippen LogP contribution in [0.15, 0.2) is 49.8 Å². The molecule has 9 heteroatoms. The fourth-order valence-electron chi connectivity index (χ4n) is 3.98. The quantitative estimate of drug-likeness (QED) is 0.302. The number of ether oxygens (including phenoxy) is 1. The predicted octanol–water partition coefficient (Wildman–Crippen LogP) is 4.12. The molecule has 0 bridgehead atoms. The minimum Gasteiger partial charge on any atom is -0.426 e. The number of rotatable bonds is 6. The minimum atomic E-state index is -3.63. The second-order valence-electron chi connectivity index (χ2n) is 7.99. The van der Waals surface area contributed by atoms with Crippen molar-refractivity contribution in [3.8, 4) is 5.75 Å². The summed E-state index contributed by atoms with van der Waals surface area (Å²) in [6.07, 6.45) is 2.77. The lowest BCUT2D eigenvalue weighted by atomic mass is 10.00. The number of sulfonamides is 1. The van der Waals surface area contributed by atoms with Crippen molar-refractivity contribution in [2.75, 3.05) is 13.1 Å². The van der Waals surface area contributed by atoms with Gasteiger partial charge < -0.3 is 9.15 Å². The van der Waals surface area contributed by atoms with Crippen LogP contribution in [-0.2, 0) is 21.2 Å². The fraction of sp³-hybridized carbons (Fsp3) is 0.391. The van der Waals surface area contributed by atoms with Crippen molar-refractivity contribution in [2.24, 2.45) is 5.92 Å². The largest absolute Gasteiger partial charge is 0.426 e. The lowest BCUT2D eigenvalue weighted by Crippen LogP contribution is -2.43. The van der Waals surface area contributed by atoms with Crippen LogP contribution in [0.25, 0.3) is 11.0 Å². The van der Waals surface area contributed by atoms with Crippen LogP contribution in [0, 0.1) is 12.8 Å². The van der Waals surface area contributed by atoms with E-state index in [1.165, 1.54) is 21.7 Å². The average Bonchev–Trinajstić information content (AvgIpc) is 3.21. The second-order valence-corrected chi connectivity index (χ2v) is 11.4. The van der Waals surface area contributed by atoms with Crippen LogP contribution in [0.2, 0.25) is 0 Å². The predicted molar refractivity (Wildman–Crippen MR) is 123 cm³/mol. The third-order valence-electron chi connectivity index (χ3n) is 5.57. The van der Waals surface area contributed by atoms with Gasteiger partial charge in [-0.25, -0.2) is 13.2 Å². The maximum Gasteiger partial charge on any atom is 0.336 e. The minimum absolute atomic E-state index is 0.0847. The maximum atomic E-state index is 12.9. The smallest absolute Gasteiger partial charge is 0.336 e. The molecular weight excluding hydrogens is 450 g/mol. The van der Waals surface area contributed by atoms with Crippen LogP contribution < -0.4 is 10.4 Å². The molecule has 1 aliphatic heterocycles. The number of thiophene rings is 1. The van der Waals surface area contributed by atoms with Gasteiger partial charge in [0.15, 0.2) is 0 Å². The molecule has 1 aliphatic rings. The van der Waals surface area contributed by atoms with Crippen molar-refractivity contribution in [1.82, 2.24) is 4.31 Å². The molecule has 3 heterocycles. The van der Waals surface area contributed by atoms with E-state index in [1.807, 2.05) is 13.8 Å². The Balaban J connectivity index is 1.51. The van der Waals surface area contributed by atoms with Gasteiger partial charge in [0.2, 0.25) is 0 Å². The zero-order valence-corrected chi connectivity index (χ0v) is 19.6. The molecule has 1 aromatic carbocycles. The van der Waals surface area contributed by atoms with Crippen LogP contribution in [0.3, 0.4) is 0 Å². The molecule has 0 N–H and O–H groups in total. The van der Waals surface area contributed by atoms with Crippen LogP contribution in [0.1, 0.15) is 36.6 Å². The fourth-order valence-corrected chi connectivity index (χ4v) is 6.94. The van der Waals surface area contributed by atoms with Crippen LogP contribution >= 0.6 is 11.3 Å². The molecule has 170 valence electrons. The van der Waals surface area contributed by atoms with Gasteiger partial charge in [-0.05, 0) is 56.0 Å². The van der Waals surface area contributed by atoms with E-state index in [0.29, 0.717) is 25.0 Å². The first-order valence-electron chi connectivity index (χ1n) is 10.6. The number of piperidine rings is 1. The first-order valence-corrected chi connectivity index (χ1v) is 12.9. The summed E-state index contributed by atoms with van der Waals surface area (Å²) < 4.78 is 38.4. The van der Waals surface area contributed by atoms with Gasteiger partial charge in [0.05, 0.1) is 5.92 Å². The SMILES string of the molecule is CCCc1cc(=O)oc2cc(OC(=O)[C@@H]3CCCN(S(=O)(=O)c4ccc(C)s4)C3)ccc12. The first-order chi connectivity index (χ1) is 15.3. The third kappa shape index (κ3) is 4.65. The Hall–Kier alpha value is -2.49. The van der Waals surface area contributed by atoms with Crippen LogP contribution in [0.5, 0.6) is 5.75 Å². The van der Waals surface area contributed by atoms with Gasteiger partial charge in [-0.15, -0.1) is 11.3 Å². The molecular formula is C23H25NO6S2. The molecule has 1 saturated heterocycles. The second kappa shape index (κ2) is 9.17. The molecule has 0 aliphatic carbocycles. The molecule has 0 unspecified atom stereocenters. The highest BCUT2D eigenvalue weighted by Gasteiger charge is 2.35. The van der Waals surface area contributed by atoms with Crippen LogP contribution in [-0.4, -0.2) is 31.8 Å². The summed E-state index contributed by atoms with van der Waals surface area (Å²) in [5.41, 5.74) is 0.821. The highest BCUT2D eigenvalue weighted by Crippen LogP contribution is 2.29. The van der Waals surface area contributed by atoms with Crippen molar-refractivity contribution >= 4 is 38.3 Å². The highest BCUT2D eigenvalue weighted by atomic mass is 32.2. The van der Waals surface area contributed by atoms with Gasteiger partial charge in [0.1, 0.15) is 15.5 Å². The first kappa shape index (κ1) is 22.7. The standard InChI is InChI=1S/C23H25NO6S2/c1-3-5-16-12-21(25)30-20-13-18(8-9-19(16)20)29-23(26)17-6-4-11-24(14-17)32(27,28)22-10-7-15(2)31-22/h7-10,12-13,17H,3-6,11,14H2,1-2H3/t17-/m1/s1. The zero-order chi connectivity index (χ0) is 22.9. The average molecular weight is 476 g/mol. The summed E-state index contributed by atoms with van der Waals surface area (Å²) >= 11 is 1.23. The van der Waals surface area contributed by atoms with Crippen molar-refractivity contribution in [3.05, 3.63) is 57.3 Å². The number of hydrogen-bond donors (Lipinski definition) is 0. The zero-order valence-electron chi connectivity index (χ0n) is 18.0. The Bertz CT molecular complexity index is 1310. The Kier molecular flexibility index (Phi) is 6.50. The molecule has 1 fully saturated rings. The monoisotopic (exact) mass is 475 g/mol. The van der Waals surface area contributed by atoms with Crippen LogP contribution in [0.4, 0.5) is 0 Å². The van der Waals surface area contributed by atoms with E-state index in [4.69, 9.17) is 9.15 Å². The van der Waals surface area contributed by atoms with E-state index in [1.54, 1.807) is 30.3 Å². The van der Waals surface area contributed by atoms with Crippen molar-refractivity contribution in [1.29, 1.82) is 0 Å². The molecule has 0 spiro atoms. The normalized spacial score (nSPS) is 17.5. The van der Waals surface area contributed by atoms with E-state index in [9.17, 15) is 18.0 Å². The Labute approximate surface area is 190 Å². The lowest BCUT2D eigenvalue weighted by molar-refractivity contribution is -0.140. The molecule has 0 saturated carbocycles. The number of carbonyl (C=O) groups is 1. The number of nitrogens with zero attached hydrogens (tertiary/aromatic N) is 1. The highest BCUT2D eigenvalue weighted by molar-refractivity contribution is 7.91. The molecule has 32 heavy (non-hydrogen) atoms. The Morgan fingerprint density at radius 1 is 1.25 bits per heavy atom. The van der Waals surface area contributed by atoms with Gasteiger partial charge in [-0.3, -0.25) is 4.79 Å². The van der Waals surface area contributed by atoms with E-state index >= 15 is 0 Å². The van der Waals surface area contributed by atoms with Gasteiger partial charge in [-0.2, -0.15) is 4.31 Å². The molecule has 1 atom stereocenters. The molecule has 0 amide bonds. The summed E-state index contributed by atoms with van der Waals surface area (Å²) in [6, 6.07) is 9.86. The number of esters is 1. The summed E-state index contributed by atoms with van der Waals surface area (Å²) in [7, 11) is -3.63. The summed E-state index contributed by atoms with van der Waals surface area (Å²) in [4.78, 5) is 25.6. The van der Waals surface area contributed by atoms with Crippen molar-refractivity contribution in [3.63, 3.8) is 0 Å². The summed E-state index contributed by atoms with van der Waals surface area (Å²) in [5, 5.41) is 0.812. The number of hydrogen-bond acceptors (Lipinski definition) is 7. The molecule has 7 nitrogen and oxygen atoms in total. The molecule has 0 radical (unpaired) electrons. The lowest BCUT2D eigenvalue weighted by Gasteiger charge is -2.30. The third-order valence-corrected chi connectivity index (χ3v) is 8.90. The number of fused-ring (bicyclic) bond motifs is 1. The topological polar surface area (TPSA) is 93.9 Å². The van der Waals surface area contributed by atoms with Gasteiger partial charge >= 0.3 is 11.6 Å². The molecule has 3 aromatic rings. The summed E-state index contributed by atoms with van der Waals surface area (Å²) in [5.74, 6) is -0.777. The number of aryl methyl sites for hydroxylation is 2. The maximum absolute atomic E-state index is 12.9. The van der Waals surface area contributed by atoms with Crippen molar-refractivity contribution in [2.45, 2.75) is 43.7 Å². The van der Waals surface area contributed by atoms with E-state index in [-0.39, 0.29) is 16.5 Å². The van der Waals surface area contributed by atoms with Gasteiger partial charge in [0, 0.05) is 35.5 Å². The molecule has 4 rings (SSSR count). The molecule has 2 aromatic heterocycles. The Morgan fingerprint density at radius 3 is 2.78 bits per heavy atom. The number of carbonyl (C=O) groups excluding carboxylic acids is 1. The van der Waals surface area contributed by atoms with Gasteiger partial charge in [-0.1, -0.05) is 13.3 Å². The van der Waals surface area contributed by atoms with Gasteiger partial charge in [0.25, 0.3) is 10.0 Å². The van der Waals surface area contributed by atoms with E-state index < -0.39 is 27.5 Å². The van der Waals surface area contributed by atoms with Crippen molar-refractivity contribution < 1.29 is 22.4 Å². The Morgan fingerprint density at radius 2 is 2.06 bits per heavy atom. The van der Waals surface area contributed by atoms with E-state index in [2.05, 4.69) is 0 Å². The number of benzene rings is 1.